The van der Waals surface area contributed by atoms with Crippen LogP contribution in [0, 0.1) is 0 Å². The van der Waals surface area contributed by atoms with Gasteiger partial charge in [0.2, 0.25) is 5.91 Å². The summed E-state index contributed by atoms with van der Waals surface area (Å²) in [7, 11) is 0. The fraction of sp³-hybridized carbons (Fsp3) is 0.133. The summed E-state index contributed by atoms with van der Waals surface area (Å²) in [6, 6.07) is 15.0. The second-order valence-electron chi connectivity index (χ2n) is 4.07. The van der Waals surface area contributed by atoms with Crippen LogP contribution in [0.2, 0.25) is 5.02 Å². The van der Waals surface area contributed by atoms with E-state index < -0.39 is 0 Å². The monoisotopic (exact) mass is 275 g/mol. The van der Waals surface area contributed by atoms with Crippen LogP contribution < -0.4 is 10.1 Å². The molecule has 1 N–H and O–H groups in total. The Morgan fingerprint density at radius 1 is 1.16 bits per heavy atom. The van der Waals surface area contributed by atoms with Gasteiger partial charge in [-0.3, -0.25) is 4.79 Å². The van der Waals surface area contributed by atoms with Gasteiger partial charge in [0, 0.05) is 6.92 Å². The number of amides is 1. The van der Waals surface area contributed by atoms with Gasteiger partial charge in [-0.05, 0) is 17.7 Å². The van der Waals surface area contributed by atoms with Gasteiger partial charge in [0.1, 0.15) is 6.61 Å². The third-order valence-corrected chi connectivity index (χ3v) is 2.80. The summed E-state index contributed by atoms with van der Waals surface area (Å²) in [4.78, 5) is 11.1. The molecule has 0 unspecified atom stereocenters. The van der Waals surface area contributed by atoms with E-state index >= 15 is 0 Å². The molecule has 0 aliphatic carbocycles. The predicted octanol–water partition coefficient (Wildman–Crippen LogP) is 3.88. The summed E-state index contributed by atoms with van der Waals surface area (Å²) in [5.41, 5.74) is 1.62. The fourth-order valence-electron chi connectivity index (χ4n) is 1.67. The average molecular weight is 276 g/mol. The van der Waals surface area contributed by atoms with E-state index in [4.69, 9.17) is 16.3 Å². The van der Waals surface area contributed by atoms with E-state index in [9.17, 15) is 4.79 Å². The minimum Gasteiger partial charge on any atom is -0.485 e. The number of carbonyl (C=O) groups excluding carboxylic acids is 1. The van der Waals surface area contributed by atoms with E-state index in [2.05, 4.69) is 5.32 Å². The smallest absolute Gasteiger partial charge is 0.221 e. The Bertz CT molecular complexity index is 570. The molecule has 0 aromatic heterocycles. The van der Waals surface area contributed by atoms with Crippen molar-refractivity contribution in [3.63, 3.8) is 0 Å². The Morgan fingerprint density at radius 2 is 1.89 bits per heavy atom. The van der Waals surface area contributed by atoms with Gasteiger partial charge in [-0.1, -0.05) is 48.0 Å². The zero-order chi connectivity index (χ0) is 13.7. The second-order valence-corrected chi connectivity index (χ2v) is 4.48. The first-order valence-electron chi connectivity index (χ1n) is 5.89. The minimum atomic E-state index is -0.160. The second kappa shape index (κ2) is 6.25. The number of anilines is 1. The summed E-state index contributed by atoms with van der Waals surface area (Å²) in [5, 5.41) is 3.18. The molecule has 4 heteroatoms. The standard InChI is InChI=1S/C15H14ClNO2/c1-11(18)17-14-9-5-8-13(16)15(14)19-10-12-6-3-2-4-7-12/h2-9H,10H2,1H3,(H,17,18). The third kappa shape index (κ3) is 3.73. The highest BCUT2D eigenvalue weighted by atomic mass is 35.5. The first kappa shape index (κ1) is 13.4. The van der Waals surface area contributed by atoms with Gasteiger partial charge in [-0.2, -0.15) is 0 Å². The zero-order valence-corrected chi connectivity index (χ0v) is 11.3. The van der Waals surface area contributed by atoms with Crippen LogP contribution in [0.15, 0.2) is 48.5 Å². The van der Waals surface area contributed by atoms with E-state index in [1.807, 2.05) is 30.3 Å². The van der Waals surface area contributed by atoms with Crippen LogP contribution >= 0.6 is 11.6 Å². The zero-order valence-electron chi connectivity index (χ0n) is 10.5. The van der Waals surface area contributed by atoms with Crippen LogP contribution in [0.25, 0.3) is 0 Å². The van der Waals surface area contributed by atoms with Crippen molar-refractivity contribution in [2.75, 3.05) is 5.32 Å². The lowest BCUT2D eigenvalue weighted by Crippen LogP contribution is -2.08. The van der Waals surface area contributed by atoms with Crippen LogP contribution in [0.3, 0.4) is 0 Å². The summed E-state index contributed by atoms with van der Waals surface area (Å²) in [6.07, 6.45) is 0. The molecule has 0 spiro atoms. The molecule has 2 rings (SSSR count). The summed E-state index contributed by atoms with van der Waals surface area (Å²) in [5.74, 6) is 0.329. The summed E-state index contributed by atoms with van der Waals surface area (Å²) >= 11 is 6.10. The molecule has 98 valence electrons. The van der Waals surface area contributed by atoms with Crippen LogP contribution in [0.4, 0.5) is 5.69 Å². The van der Waals surface area contributed by atoms with Crippen molar-refractivity contribution >= 4 is 23.2 Å². The number of hydrogen-bond donors (Lipinski definition) is 1. The predicted molar refractivity (Wildman–Crippen MR) is 76.5 cm³/mol. The number of hydrogen-bond acceptors (Lipinski definition) is 2. The van der Waals surface area contributed by atoms with Gasteiger partial charge >= 0.3 is 0 Å². The first-order valence-corrected chi connectivity index (χ1v) is 6.27. The summed E-state index contributed by atoms with van der Waals surface area (Å²) < 4.78 is 5.71. The van der Waals surface area contributed by atoms with Crippen molar-refractivity contribution in [1.29, 1.82) is 0 Å². The summed E-state index contributed by atoms with van der Waals surface area (Å²) in [6.45, 7) is 1.85. The molecule has 19 heavy (non-hydrogen) atoms. The van der Waals surface area contributed by atoms with Gasteiger partial charge in [0.25, 0.3) is 0 Å². The van der Waals surface area contributed by atoms with E-state index in [0.717, 1.165) is 5.56 Å². The lowest BCUT2D eigenvalue weighted by atomic mass is 10.2. The maximum Gasteiger partial charge on any atom is 0.221 e. The van der Waals surface area contributed by atoms with Crippen LogP contribution in [-0.2, 0) is 11.4 Å². The van der Waals surface area contributed by atoms with Gasteiger partial charge in [0.05, 0.1) is 10.7 Å². The molecule has 0 bridgehead atoms. The van der Waals surface area contributed by atoms with Gasteiger partial charge in [-0.15, -0.1) is 0 Å². The molecule has 0 aliphatic rings. The largest absolute Gasteiger partial charge is 0.485 e. The Kier molecular flexibility index (Phi) is 4.42. The molecule has 0 aliphatic heterocycles. The quantitative estimate of drug-likeness (QED) is 0.920. The van der Waals surface area contributed by atoms with E-state index in [-0.39, 0.29) is 5.91 Å². The number of carbonyl (C=O) groups is 1. The van der Waals surface area contributed by atoms with E-state index in [0.29, 0.717) is 23.1 Å². The Morgan fingerprint density at radius 3 is 2.58 bits per heavy atom. The van der Waals surface area contributed by atoms with Crippen LogP contribution in [0.5, 0.6) is 5.75 Å². The molecule has 0 heterocycles. The molecular weight excluding hydrogens is 262 g/mol. The van der Waals surface area contributed by atoms with Gasteiger partial charge < -0.3 is 10.1 Å². The first-order chi connectivity index (χ1) is 9.16. The molecule has 2 aromatic rings. The molecule has 3 nitrogen and oxygen atoms in total. The Labute approximate surface area is 117 Å². The van der Waals surface area contributed by atoms with Crippen molar-refractivity contribution < 1.29 is 9.53 Å². The SMILES string of the molecule is CC(=O)Nc1cccc(Cl)c1OCc1ccccc1. The normalized spacial score (nSPS) is 10.0. The number of rotatable bonds is 4. The number of nitrogens with one attached hydrogen (secondary N) is 1. The number of halogens is 1. The van der Waals surface area contributed by atoms with Crippen molar-refractivity contribution in [2.45, 2.75) is 13.5 Å². The highest BCUT2D eigenvalue weighted by Gasteiger charge is 2.09. The van der Waals surface area contributed by atoms with E-state index in [1.54, 1.807) is 18.2 Å². The maximum atomic E-state index is 11.1. The number of para-hydroxylation sites is 1. The highest BCUT2D eigenvalue weighted by molar-refractivity contribution is 6.32. The number of ether oxygens (including phenoxy) is 1. The topological polar surface area (TPSA) is 38.3 Å². The van der Waals surface area contributed by atoms with Crippen molar-refractivity contribution in [2.24, 2.45) is 0 Å². The van der Waals surface area contributed by atoms with Gasteiger partial charge in [-0.25, -0.2) is 0 Å². The molecule has 0 saturated carbocycles. The van der Waals surface area contributed by atoms with Crippen molar-refractivity contribution in [1.82, 2.24) is 0 Å². The average Bonchev–Trinajstić information content (AvgIpc) is 2.38. The Hall–Kier alpha value is -2.00. The van der Waals surface area contributed by atoms with Crippen LogP contribution in [0.1, 0.15) is 12.5 Å². The number of benzene rings is 2. The maximum absolute atomic E-state index is 11.1. The highest BCUT2D eigenvalue weighted by Crippen LogP contribution is 2.33. The van der Waals surface area contributed by atoms with Crippen molar-refractivity contribution in [3.05, 3.63) is 59.1 Å². The Balaban J connectivity index is 2.17. The third-order valence-electron chi connectivity index (χ3n) is 2.50. The fourth-order valence-corrected chi connectivity index (χ4v) is 1.90. The molecule has 1 amide bonds. The molecule has 2 aromatic carbocycles. The molecule has 0 saturated heterocycles. The molecule has 0 atom stereocenters. The minimum absolute atomic E-state index is 0.160. The molecule has 0 fully saturated rings. The molecular formula is C15H14ClNO2. The van der Waals surface area contributed by atoms with E-state index in [1.165, 1.54) is 6.92 Å². The lowest BCUT2D eigenvalue weighted by molar-refractivity contribution is -0.114. The van der Waals surface area contributed by atoms with Gasteiger partial charge in [0.15, 0.2) is 5.75 Å². The molecule has 0 radical (unpaired) electrons. The van der Waals surface area contributed by atoms with Crippen molar-refractivity contribution in [3.8, 4) is 5.75 Å². The van der Waals surface area contributed by atoms with Crippen LogP contribution in [-0.4, -0.2) is 5.91 Å². The lowest BCUT2D eigenvalue weighted by Gasteiger charge is -2.13.